The van der Waals surface area contributed by atoms with Gasteiger partial charge in [-0.05, 0) is 43.7 Å². The van der Waals surface area contributed by atoms with Crippen LogP contribution in [0.25, 0.3) is 11.0 Å². The van der Waals surface area contributed by atoms with Crippen LogP contribution in [0.3, 0.4) is 0 Å². The molecule has 24 heavy (non-hydrogen) atoms. The maximum absolute atomic E-state index is 12.1. The van der Waals surface area contributed by atoms with E-state index in [-0.39, 0.29) is 6.03 Å². The molecule has 1 aromatic heterocycles. The SMILES string of the molecule is Cc1nc2ccc(NC(=O)NCc3ccccc3Br)cc2nc1C. The van der Waals surface area contributed by atoms with Crippen molar-refractivity contribution in [3.05, 3.63) is 63.9 Å². The van der Waals surface area contributed by atoms with Crippen molar-refractivity contribution < 1.29 is 4.79 Å². The number of nitrogens with one attached hydrogen (secondary N) is 2. The van der Waals surface area contributed by atoms with E-state index in [4.69, 9.17) is 0 Å². The topological polar surface area (TPSA) is 66.9 Å². The fourth-order valence-electron chi connectivity index (χ4n) is 2.30. The Hall–Kier alpha value is -2.47. The van der Waals surface area contributed by atoms with Gasteiger partial charge in [0.05, 0.1) is 22.4 Å². The number of hydrogen-bond acceptors (Lipinski definition) is 3. The number of carbonyl (C=O) groups excluding carboxylic acids is 1. The van der Waals surface area contributed by atoms with Crippen molar-refractivity contribution in [1.82, 2.24) is 15.3 Å². The summed E-state index contributed by atoms with van der Waals surface area (Å²) in [5, 5.41) is 5.67. The molecule has 0 spiro atoms. The maximum atomic E-state index is 12.1. The molecular weight excluding hydrogens is 368 g/mol. The van der Waals surface area contributed by atoms with Gasteiger partial charge in [0.1, 0.15) is 0 Å². The molecule has 0 aliphatic rings. The van der Waals surface area contributed by atoms with E-state index in [1.165, 1.54) is 0 Å². The zero-order valence-electron chi connectivity index (χ0n) is 13.4. The van der Waals surface area contributed by atoms with Crippen LogP contribution >= 0.6 is 15.9 Å². The van der Waals surface area contributed by atoms with Gasteiger partial charge in [0.15, 0.2) is 0 Å². The lowest BCUT2D eigenvalue weighted by Gasteiger charge is -2.10. The molecule has 0 atom stereocenters. The van der Waals surface area contributed by atoms with Gasteiger partial charge in [0.25, 0.3) is 0 Å². The average Bonchev–Trinajstić information content (AvgIpc) is 2.55. The van der Waals surface area contributed by atoms with Gasteiger partial charge in [0, 0.05) is 16.7 Å². The lowest BCUT2D eigenvalue weighted by Crippen LogP contribution is -2.28. The highest BCUT2D eigenvalue weighted by molar-refractivity contribution is 9.10. The van der Waals surface area contributed by atoms with E-state index in [2.05, 4.69) is 36.5 Å². The number of carbonyl (C=O) groups is 1. The first kappa shape index (κ1) is 16.4. The van der Waals surface area contributed by atoms with Crippen LogP contribution in [-0.4, -0.2) is 16.0 Å². The Morgan fingerprint density at radius 3 is 2.50 bits per heavy atom. The van der Waals surface area contributed by atoms with Gasteiger partial charge in [0.2, 0.25) is 0 Å². The second kappa shape index (κ2) is 6.97. The number of hydrogen-bond donors (Lipinski definition) is 2. The van der Waals surface area contributed by atoms with E-state index in [0.29, 0.717) is 12.2 Å². The van der Waals surface area contributed by atoms with Crippen molar-refractivity contribution >= 4 is 38.7 Å². The number of rotatable bonds is 3. The van der Waals surface area contributed by atoms with Gasteiger partial charge in [-0.15, -0.1) is 0 Å². The monoisotopic (exact) mass is 384 g/mol. The molecule has 3 rings (SSSR count). The predicted molar refractivity (Wildman–Crippen MR) is 99.0 cm³/mol. The second-order valence-corrected chi connectivity index (χ2v) is 6.35. The quantitative estimate of drug-likeness (QED) is 0.705. The Morgan fingerprint density at radius 2 is 1.75 bits per heavy atom. The molecule has 2 amide bonds. The highest BCUT2D eigenvalue weighted by Crippen LogP contribution is 2.18. The molecule has 0 saturated carbocycles. The third-order valence-electron chi connectivity index (χ3n) is 3.73. The minimum atomic E-state index is -0.262. The normalized spacial score (nSPS) is 10.6. The molecule has 2 aromatic carbocycles. The summed E-state index contributed by atoms with van der Waals surface area (Å²) in [6, 6.07) is 13.0. The number of aromatic nitrogens is 2. The Balaban J connectivity index is 1.69. The number of aryl methyl sites for hydroxylation is 2. The van der Waals surface area contributed by atoms with Crippen molar-refractivity contribution in [2.75, 3.05) is 5.32 Å². The van der Waals surface area contributed by atoms with E-state index in [9.17, 15) is 4.79 Å². The molecular formula is C18H17BrN4O. The molecule has 1 heterocycles. The molecule has 0 saturated heterocycles. The van der Waals surface area contributed by atoms with E-state index in [1.807, 2.05) is 56.3 Å². The van der Waals surface area contributed by atoms with E-state index in [1.54, 1.807) is 0 Å². The van der Waals surface area contributed by atoms with Crippen LogP contribution in [0, 0.1) is 13.8 Å². The van der Waals surface area contributed by atoms with Crippen molar-refractivity contribution in [2.24, 2.45) is 0 Å². The number of fused-ring (bicyclic) bond motifs is 1. The summed E-state index contributed by atoms with van der Waals surface area (Å²) >= 11 is 3.47. The van der Waals surface area contributed by atoms with E-state index in [0.717, 1.165) is 32.5 Å². The fraction of sp³-hybridized carbons (Fsp3) is 0.167. The molecule has 0 fully saturated rings. The van der Waals surface area contributed by atoms with E-state index < -0.39 is 0 Å². The highest BCUT2D eigenvalue weighted by Gasteiger charge is 2.06. The first-order chi connectivity index (χ1) is 11.5. The zero-order valence-corrected chi connectivity index (χ0v) is 15.0. The Labute approximate surface area is 148 Å². The summed E-state index contributed by atoms with van der Waals surface area (Å²) in [5.74, 6) is 0. The van der Waals surface area contributed by atoms with Crippen molar-refractivity contribution in [2.45, 2.75) is 20.4 Å². The number of halogens is 1. The maximum Gasteiger partial charge on any atom is 0.319 e. The van der Waals surface area contributed by atoms with Crippen molar-refractivity contribution in [1.29, 1.82) is 0 Å². The lowest BCUT2D eigenvalue weighted by atomic mass is 10.2. The fourth-order valence-corrected chi connectivity index (χ4v) is 2.73. The summed E-state index contributed by atoms with van der Waals surface area (Å²) in [7, 11) is 0. The highest BCUT2D eigenvalue weighted by atomic mass is 79.9. The van der Waals surface area contributed by atoms with Crippen LogP contribution < -0.4 is 10.6 Å². The Morgan fingerprint density at radius 1 is 1.04 bits per heavy atom. The van der Waals surface area contributed by atoms with Crippen LogP contribution in [0.2, 0.25) is 0 Å². The van der Waals surface area contributed by atoms with Gasteiger partial charge >= 0.3 is 6.03 Å². The Kier molecular flexibility index (Phi) is 4.76. The second-order valence-electron chi connectivity index (χ2n) is 5.50. The number of anilines is 1. The molecule has 122 valence electrons. The van der Waals surface area contributed by atoms with Gasteiger partial charge in [-0.1, -0.05) is 34.1 Å². The standard InChI is InChI=1S/C18H17BrN4O/c1-11-12(2)22-17-9-14(7-8-16(17)21-11)23-18(24)20-10-13-5-3-4-6-15(13)19/h3-9H,10H2,1-2H3,(H2,20,23,24). The van der Waals surface area contributed by atoms with Gasteiger partial charge in [-0.2, -0.15) is 0 Å². The molecule has 0 aliphatic heterocycles. The first-order valence-electron chi connectivity index (χ1n) is 7.56. The van der Waals surface area contributed by atoms with Crippen LogP contribution in [0.5, 0.6) is 0 Å². The van der Waals surface area contributed by atoms with Crippen molar-refractivity contribution in [3.8, 4) is 0 Å². The molecule has 6 heteroatoms. The van der Waals surface area contributed by atoms with Gasteiger partial charge < -0.3 is 10.6 Å². The van der Waals surface area contributed by atoms with Gasteiger partial charge in [-0.3, -0.25) is 0 Å². The molecule has 0 radical (unpaired) electrons. The van der Waals surface area contributed by atoms with Crippen LogP contribution in [0.15, 0.2) is 46.9 Å². The van der Waals surface area contributed by atoms with Gasteiger partial charge in [-0.25, -0.2) is 14.8 Å². The van der Waals surface area contributed by atoms with Crippen LogP contribution in [-0.2, 0) is 6.54 Å². The van der Waals surface area contributed by atoms with Crippen LogP contribution in [0.1, 0.15) is 17.0 Å². The largest absolute Gasteiger partial charge is 0.334 e. The number of urea groups is 1. The van der Waals surface area contributed by atoms with Crippen LogP contribution in [0.4, 0.5) is 10.5 Å². The summed E-state index contributed by atoms with van der Waals surface area (Å²) in [5.41, 5.74) is 5.08. The first-order valence-corrected chi connectivity index (χ1v) is 8.35. The summed E-state index contributed by atoms with van der Waals surface area (Å²) in [4.78, 5) is 21.1. The molecule has 0 unspecified atom stereocenters. The Bertz CT molecular complexity index is 911. The molecule has 5 nitrogen and oxygen atoms in total. The predicted octanol–water partition coefficient (Wildman–Crippen LogP) is 4.33. The minimum absolute atomic E-state index is 0.262. The molecule has 2 N–H and O–H groups in total. The minimum Gasteiger partial charge on any atom is -0.334 e. The summed E-state index contributed by atoms with van der Waals surface area (Å²) in [6.07, 6.45) is 0. The number of benzene rings is 2. The summed E-state index contributed by atoms with van der Waals surface area (Å²) < 4.78 is 0.970. The number of nitrogens with zero attached hydrogens (tertiary/aromatic N) is 2. The lowest BCUT2D eigenvalue weighted by molar-refractivity contribution is 0.251. The van der Waals surface area contributed by atoms with E-state index >= 15 is 0 Å². The molecule has 3 aromatic rings. The number of amides is 2. The van der Waals surface area contributed by atoms with Crippen molar-refractivity contribution in [3.63, 3.8) is 0 Å². The average molecular weight is 385 g/mol. The summed E-state index contributed by atoms with van der Waals surface area (Å²) in [6.45, 7) is 4.30. The zero-order chi connectivity index (χ0) is 17.1. The third-order valence-corrected chi connectivity index (χ3v) is 4.50. The smallest absolute Gasteiger partial charge is 0.319 e. The molecule has 0 bridgehead atoms. The third kappa shape index (κ3) is 3.71. The molecule has 0 aliphatic carbocycles.